The third-order valence-electron chi connectivity index (χ3n) is 6.00. The minimum Gasteiger partial charge on any atom is -0.491 e. The molecule has 2 amide bonds. The fraction of sp³-hybridized carbons (Fsp3) is 0.480. The van der Waals surface area contributed by atoms with E-state index in [4.69, 9.17) is 9.47 Å². The van der Waals surface area contributed by atoms with Gasteiger partial charge in [0.1, 0.15) is 12.4 Å². The molecular weight excluding hydrogens is 420 g/mol. The molecule has 8 nitrogen and oxygen atoms in total. The molecule has 0 saturated carbocycles. The van der Waals surface area contributed by atoms with Crippen molar-refractivity contribution >= 4 is 17.5 Å². The lowest BCUT2D eigenvalue weighted by atomic mass is 10.0. The highest BCUT2D eigenvalue weighted by atomic mass is 16.5. The molecule has 0 fully saturated rings. The van der Waals surface area contributed by atoms with E-state index < -0.39 is 0 Å². The predicted molar refractivity (Wildman–Crippen MR) is 127 cm³/mol. The number of aromatic nitrogens is 1. The summed E-state index contributed by atoms with van der Waals surface area (Å²) in [6.45, 7) is 8.08. The van der Waals surface area contributed by atoms with Crippen LogP contribution in [0.25, 0.3) is 0 Å². The first-order valence-corrected chi connectivity index (χ1v) is 11.2. The van der Waals surface area contributed by atoms with Crippen LogP contribution in [-0.2, 0) is 16.1 Å². The largest absolute Gasteiger partial charge is 0.491 e. The third kappa shape index (κ3) is 6.52. The number of anilines is 1. The summed E-state index contributed by atoms with van der Waals surface area (Å²) >= 11 is 0. The van der Waals surface area contributed by atoms with Crippen molar-refractivity contribution in [3.63, 3.8) is 0 Å². The van der Waals surface area contributed by atoms with Crippen LogP contribution in [0, 0.1) is 5.92 Å². The summed E-state index contributed by atoms with van der Waals surface area (Å²) in [5.74, 6) is 0.301. The lowest BCUT2D eigenvalue weighted by Gasteiger charge is -2.36. The van der Waals surface area contributed by atoms with Gasteiger partial charge in [-0.1, -0.05) is 13.0 Å². The Labute approximate surface area is 195 Å². The number of pyridine rings is 1. The maximum atomic E-state index is 13.3. The number of rotatable bonds is 4. The van der Waals surface area contributed by atoms with Crippen molar-refractivity contribution in [2.24, 2.45) is 5.92 Å². The molecule has 3 atom stereocenters. The van der Waals surface area contributed by atoms with Gasteiger partial charge in [-0.2, -0.15) is 0 Å². The lowest BCUT2D eigenvalue weighted by Crippen LogP contribution is -2.46. The van der Waals surface area contributed by atoms with E-state index >= 15 is 0 Å². The average molecular weight is 455 g/mol. The topological polar surface area (TPSA) is 84.0 Å². The van der Waals surface area contributed by atoms with Gasteiger partial charge in [0.25, 0.3) is 5.91 Å². The number of likely N-dealkylation sites (N-methyl/N-ethyl adjacent to an activating group) is 1. The van der Waals surface area contributed by atoms with Gasteiger partial charge in [-0.3, -0.25) is 19.5 Å². The Balaban J connectivity index is 1.94. The average Bonchev–Trinajstić information content (AvgIpc) is 2.80. The summed E-state index contributed by atoms with van der Waals surface area (Å²) in [5.41, 5.74) is 2.10. The molecule has 178 valence electrons. The van der Waals surface area contributed by atoms with Gasteiger partial charge in [-0.25, -0.2) is 0 Å². The second-order valence-corrected chi connectivity index (χ2v) is 8.78. The summed E-state index contributed by atoms with van der Waals surface area (Å²) < 4.78 is 12.0. The minimum absolute atomic E-state index is 0.0836. The highest BCUT2D eigenvalue weighted by Crippen LogP contribution is 2.26. The van der Waals surface area contributed by atoms with Crippen molar-refractivity contribution < 1.29 is 19.1 Å². The van der Waals surface area contributed by atoms with Gasteiger partial charge < -0.3 is 19.7 Å². The standard InChI is InChI=1S/C25H34N4O4/c1-17-13-29(14-20-7-6-10-26-12-20)18(2)16-33-23-9-8-21(27-19(3)30)11-22(23)25(31)28(4)15-24(17)32-5/h6-12,17-18,24H,13-16H2,1-5H3,(H,27,30)/t17-,18+,24+/m1/s1. The fourth-order valence-corrected chi connectivity index (χ4v) is 4.08. The van der Waals surface area contributed by atoms with Crippen molar-refractivity contribution in [1.82, 2.24) is 14.8 Å². The number of hydrogen-bond acceptors (Lipinski definition) is 6. The van der Waals surface area contributed by atoms with Crippen molar-refractivity contribution in [2.75, 3.05) is 39.2 Å². The summed E-state index contributed by atoms with van der Waals surface area (Å²) in [4.78, 5) is 33.1. The maximum Gasteiger partial charge on any atom is 0.257 e. The second-order valence-electron chi connectivity index (χ2n) is 8.78. The van der Waals surface area contributed by atoms with Gasteiger partial charge in [0, 0.05) is 64.8 Å². The Morgan fingerprint density at radius 2 is 2.06 bits per heavy atom. The van der Waals surface area contributed by atoms with Crippen LogP contribution in [0.4, 0.5) is 5.69 Å². The molecule has 2 heterocycles. The van der Waals surface area contributed by atoms with Crippen LogP contribution in [-0.4, -0.2) is 72.6 Å². The van der Waals surface area contributed by atoms with E-state index in [0.717, 1.165) is 18.7 Å². The van der Waals surface area contributed by atoms with Gasteiger partial charge in [0.15, 0.2) is 0 Å². The Bertz CT molecular complexity index is 953. The first kappa shape index (κ1) is 24.7. The minimum atomic E-state index is -0.197. The molecule has 33 heavy (non-hydrogen) atoms. The van der Waals surface area contributed by atoms with Crippen molar-refractivity contribution in [3.05, 3.63) is 53.9 Å². The van der Waals surface area contributed by atoms with E-state index in [1.54, 1.807) is 43.5 Å². The zero-order valence-electron chi connectivity index (χ0n) is 20.1. The molecule has 0 bridgehead atoms. The number of ether oxygens (including phenoxy) is 2. The molecule has 8 heteroatoms. The summed E-state index contributed by atoms with van der Waals surface area (Å²) in [5, 5.41) is 2.74. The highest BCUT2D eigenvalue weighted by Gasteiger charge is 2.28. The molecular formula is C25H34N4O4. The Kier molecular flexibility index (Phi) is 8.41. The molecule has 0 unspecified atom stereocenters. The summed E-state index contributed by atoms with van der Waals surface area (Å²) in [6.07, 6.45) is 3.52. The van der Waals surface area contributed by atoms with Crippen LogP contribution in [0.5, 0.6) is 5.75 Å². The quantitative estimate of drug-likeness (QED) is 0.765. The number of nitrogens with zero attached hydrogens (tertiary/aromatic N) is 3. The van der Waals surface area contributed by atoms with Crippen LogP contribution in [0.1, 0.15) is 36.7 Å². The number of benzene rings is 1. The zero-order valence-corrected chi connectivity index (χ0v) is 20.1. The van der Waals surface area contributed by atoms with Gasteiger partial charge >= 0.3 is 0 Å². The van der Waals surface area contributed by atoms with Crippen molar-refractivity contribution in [1.29, 1.82) is 0 Å². The Morgan fingerprint density at radius 1 is 1.27 bits per heavy atom. The first-order chi connectivity index (χ1) is 15.8. The molecule has 0 spiro atoms. The normalized spacial score (nSPS) is 22.5. The highest BCUT2D eigenvalue weighted by molar-refractivity contribution is 5.99. The summed E-state index contributed by atoms with van der Waals surface area (Å²) in [7, 11) is 3.45. The fourth-order valence-electron chi connectivity index (χ4n) is 4.08. The number of methoxy groups -OCH3 is 1. The molecule has 0 aliphatic carbocycles. The SMILES string of the molecule is CO[C@H]1CN(C)C(=O)c2cc(NC(C)=O)ccc2OC[C@H](C)N(Cc2cccnc2)C[C@H]1C. The van der Waals surface area contributed by atoms with E-state index in [1.165, 1.54) is 6.92 Å². The van der Waals surface area contributed by atoms with Crippen molar-refractivity contribution in [2.45, 2.75) is 39.5 Å². The number of carbonyl (C=O) groups excluding carboxylic acids is 2. The number of carbonyl (C=O) groups is 2. The third-order valence-corrected chi connectivity index (χ3v) is 6.00. The van der Waals surface area contributed by atoms with Gasteiger partial charge in [0.2, 0.25) is 5.91 Å². The zero-order chi connectivity index (χ0) is 24.0. The number of nitrogens with one attached hydrogen (secondary N) is 1. The number of fused-ring (bicyclic) bond motifs is 1. The van der Waals surface area contributed by atoms with Crippen molar-refractivity contribution in [3.8, 4) is 5.75 Å². The van der Waals surface area contributed by atoms with Gasteiger partial charge in [0.05, 0.1) is 11.7 Å². The predicted octanol–water partition coefficient (Wildman–Crippen LogP) is 3.05. The number of amides is 2. The molecule has 0 saturated heterocycles. The summed E-state index contributed by atoms with van der Waals surface area (Å²) in [6, 6.07) is 9.26. The van der Waals surface area contributed by atoms with Gasteiger partial charge in [-0.05, 0) is 42.7 Å². The van der Waals surface area contributed by atoms with Crippen LogP contribution in [0.15, 0.2) is 42.7 Å². The molecule has 2 aromatic rings. The van der Waals surface area contributed by atoms with Crippen LogP contribution in [0.3, 0.4) is 0 Å². The van der Waals surface area contributed by atoms with Crippen LogP contribution >= 0.6 is 0 Å². The smallest absolute Gasteiger partial charge is 0.257 e. The Morgan fingerprint density at radius 3 is 2.73 bits per heavy atom. The first-order valence-electron chi connectivity index (χ1n) is 11.2. The van der Waals surface area contributed by atoms with Crippen LogP contribution in [0.2, 0.25) is 0 Å². The van der Waals surface area contributed by atoms with E-state index in [9.17, 15) is 9.59 Å². The van der Waals surface area contributed by atoms with E-state index in [0.29, 0.717) is 30.2 Å². The number of hydrogen-bond donors (Lipinski definition) is 1. The second kappa shape index (κ2) is 11.2. The molecule has 1 N–H and O–H groups in total. The van der Waals surface area contributed by atoms with E-state index in [1.807, 2.05) is 12.3 Å². The molecule has 3 rings (SSSR count). The molecule has 1 aromatic carbocycles. The van der Waals surface area contributed by atoms with Crippen LogP contribution < -0.4 is 10.1 Å². The lowest BCUT2D eigenvalue weighted by molar-refractivity contribution is -0.114. The molecule has 1 aliphatic rings. The van der Waals surface area contributed by atoms with E-state index in [2.05, 4.69) is 35.1 Å². The monoisotopic (exact) mass is 454 g/mol. The maximum absolute atomic E-state index is 13.3. The molecule has 0 radical (unpaired) electrons. The molecule has 1 aliphatic heterocycles. The molecule has 1 aromatic heterocycles. The van der Waals surface area contributed by atoms with Gasteiger partial charge in [-0.15, -0.1) is 0 Å². The van der Waals surface area contributed by atoms with E-state index in [-0.39, 0.29) is 29.9 Å². The Hall–Kier alpha value is -2.97.